The van der Waals surface area contributed by atoms with Gasteiger partial charge in [0.25, 0.3) is 5.91 Å². The lowest BCUT2D eigenvalue weighted by atomic mass is 10.1. The van der Waals surface area contributed by atoms with Gasteiger partial charge in [0.1, 0.15) is 5.75 Å². The van der Waals surface area contributed by atoms with E-state index >= 15 is 0 Å². The minimum Gasteiger partial charge on any atom is -0.507 e. The summed E-state index contributed by atoms with van der Waals surface area (Å²) in [5.41, 5.74) is 0.180. The molecule has 1 heterocycles. The van der Waals surface area contributed by atoms with Crippen LogP contribution in [0.5, 0.6) is 5.75 Å². The Labute approximate surface area is 110 Å². The topological polar surface area (TPSA) is 70.0 Å². The maximum atomic E-state index is 12.3. The lowest BCUT2D eigenvalue weighted by molar-refractivity contribution is -0.0185. The molecule has 5 nitrogen and oxygen atoms in total. The van der Waals surface area contributed by atoms with Crippen molar-refractivity contribution in [2.24, 2.45) is 0 Å². The second-order valence-electron chi connectivity index (χ2n) is 4.07. The molecule has 18 heavy (non-hydrogen) atoms. The summed E-state index contributed by atoms with van der Waals surface area (Å²) in [4.78, 5) is 13.8. The zero-order chi connectivity index (χ0) is 13.1. The maximum absolute atomic E-state index is 12.3. The Morgan fingerprint density at radius 3 is 3.00 bits per heavy atom. The number of phenols is 1. The van der Waals surface area contributed by atoms with Crippen LogP contribution in [-0.2, 0) is 4.74 Å². The van der Waals surface area contributed by atoms with Gasteiger partial charge in [-0.15, -0.1) is 0 Å². The predicted molar refractivity (Wildman–Crippen MR) is 65.8 cm³/mol. The monoisotopic (exact) mass is 271 g/mol. The van der Waals surface area contributed by atoms with Gasteiger partial charge in [-0.05, 0) is 18.2 Å². The number of halogens is 1. The number of morpholine rings is 1. The summed E-state index contributed by atoms with van der Waals surface area (Å²) in [7, 11) is 0. The van der Waals surface area contributed by atoms with Crippen molar-refractivity contribution in [3.05, 3.63) is 28.8 Å². The summed E-state index contributed by atoms with van der Waals surface area (Å²) >= 11 is 5.72. The van der Waals surface area contributed by atoms with Gasteiger partial charge in [-0.1, -0.05) is 11.6 Å². The van der Waals surface area contributed by atoms with Crippen molar-refractivity contribution in [2.75, 3.05) is 26.4 Å². The summed E-state index contributed by atoms with van der Waals surface area (Å²) in [6.07, 6.45) is 0. The molecule has 1 unspecified atom stereocenters. The van der Waals surface area contributed by atoms with Crippen LogP contribution in [0, 0.1) is 0 Å². The molecule has 2 N–H and O–H groups in total. The van der Waals surface area contributed by atoms with Crippen molar-refractivity contribution in [1.29, 1.82) is 0 Å². The lowest BCUT2D eigenvalue weighted by Gasteiger charge is -2.34. The van der Waals surface area contributed by atoms with E-state index in [1.807, 2.05) is 0 Å². The summed E-state index contributed by atoms with van der Waals surface area (Å²) < 4.78 is 5.20. The van der Waals surface area contributed by atoms with Crippen LogP contribution in [0.15, 0.2) is 18.2 Å². The van der Waals surface area contributed by atoms with E-state index in [1.165, 1.54) is 17.0 Å². The van der Waals surface area contributed by atoms with Gasteiger partial charge in [-0.2, -0.15) is 0 Å². The Morgan fingerprint density at radius 1 is 1.56 bits per heavy atom. The van der Waals surface area contributed by atoms with Crippen LogP contribution in [0.25, 0.3) is 0 Å². The van der Waals surface area contributed by atoms with Gasteiger partial charge >= 0.3 is 0 Å². The van der Waals surface area contributed by atoms with Crippen LogP contribution in [0.1, 0.15) is 10.4 Å². The van der Waals surface area contributed by atoms with Gasteiger partial charge < -0.3 is 19.8 Å². The third kappa shape index (κ3) is 2.58. The summed E-state index contributed by atoms with van der Waals surface area (Å²) in [6, 6.07) is 3.97. The second kappa shape index (κ2) is 5.56. The van der Waals surface area contributed by atoms with Gasteiger partial charge in [0.2, 0.25) is 0 Å². The van der Waals surface area contributed by atoms with Gasteiger partial charge in [0.15, 0.2) is 0 Å². The standard InChI is InChI=1S/C12H14ClNO4/c13-8-1-2-10(11(16)5-8)12(17)14-3-4-18-7-9(14)6-15/h1-2,5,9,15-16H,3-4,6-7H2. The van der Waals surface area contributed by atoms with Gasteiger partial charge in [-0.3, -0.25) is 4.79 Å². The number of hydrogen-bond acceptors (Lipinski definition) is 4. The van der Waals surface area contributed by atoms with Crippen LogP contribution in [0.3, 0.4) is 0 Å². The first-order valence-electron chi connectivity index (χ1n) is 5.61. The normalized spacial score (nSPS) is 19.9. The highest BCUT2D eigenvalue weighted by Crippen LogP contribution is 2.24. The van der Waals surface area contributed by atoms with Gasteiger partial charge in [0, 0.05) is 11.6 Å². The van der Waals surface area contributed by atoms with E-state index < -0.39 is 0 Å². The molecule has 0 saturated carbocycles. The molecule has 1 saturated heterocycles. The SMILES string of the molecule is O=C(c1ccc(Cl)cc1O)N1CCOCC1CO. The smallest absolute Gasteiger partial charge is 0.258 e. The minimum absolute atomic E-state index is 0.157. The molecular weight excluding hydrogens is 258 g/mol. The number of rotatable bonds is 2. The first kappa shape index (κ1) is 13.1. The molecule has 1 aliphatic rings. The molecule has 1 aromatic carbocycles. The molecular formula is C12H14ClNO4. The zero-order valence-electron chi connectivity index (χ0n) is 9.67. The Balaban J connectivity index is 2.24. The van der Waals surface area contributed by atoms with E-state index in [1.54, 1.807) is 6.07 Å². The van der Waals surface area contributed by atoms with E-state index in [-0.39, 0.29) is 29.9 Å². The number of phenolic OH excluding ortho intramolecular Hbond substituents is 1. The summed E-state index contributed by atoms with van der Waals surface area (Å²) in [5, 5.41) is 19.3. The fourth-order valence-electron chi connectivity index (χ4n) is 1.91. The number of aromatic hydroxyl groups is 1. The zero-order valence-corrected chi connectivity index (χ0v) is 10.4. The third-order valence-electron chi connectivity index (χ3n) is 2.89. The maximum Gasteiger partial charge on any atom is 0.258 e. The van der Waals surface area contributed by atoms with Crippen LogP contribution >= 0.6 is 11.6 Å². The summed E-state index contributed by atoms with van der Waals surface area (Å²) in [6.45, 7) is 0.958. The Bertz CT molecular complexity index is 452. The van der Waals surface area contributed by atoms with Gasteiger partial charge in [-0.25, -0.2) is 0 Å². The Morgan fingerprint density at radius 2 is 2.33 bits per heavy atom. The molecule has 0 spiro atoms. The first-order valence-corrected chi connectivity index (χ1v) is 5.99. The first-order chi connectivity index (χ1) is 8.63. The number of amides is 1. The predicted octanol–water partition coefficient (Wildman–Crippen LogP) is 0.879. The largest absolute Gasteiger partial charge is 0.507 e. The van der Waals surface area contributed by atoms with Gasteiger partial charge in [0.05, 0.1) is 31.4 Å². The van der Waals surface area contributed by atoms with E-state index in [9.17, 15) is 15.0 Å². The number of hydrogen-bond donors (Lipinski definition) is 2. The molecule has 6 heteroatoms. The number of carbonyl (C=O) groups is 1. The molecule has 0 aromatic heterocycles. The minimum atomic E-state index is -0.374. The Hall–Kier alpha value is -1.30. The summed E-state index contributed by atoms with van der Waals surface area (Å²) in [5.74, 6) is -0.484. The van der Waals surface area contributed by atoms with Crippen molar-refractivity contribution in [2.45, 2.75) is 6.04 Å². The second-order valence-corrected chi connectivity index (χ2v) is 4.51. The average molecular weight is 272 g/mol. The van der Waals surface area contributed by atoms with Crippen molar-refractivity contribution >= 4 is 17.5 Å². The molecule has 1 aliphatic heterocycles. The van der Waals surface area contributed by atoms with Crippen LogP contribution in [0.4, 0.5) is 0 Å². The number of aliphatic hydroxyl groups excluding tert-OH is 1. The van der Waals surface area contributed by atoms with E-state index in [2.05, 4.69) is 0 Å². The van der Waals surface area contributed by atoms with Crippen molar-refractivity contribution in [1.82, 2.24) is 4.90 Å². The molecule has 1 aromatic rings. The lowest BCUT2D eigenvalue weighted by Crippen LogP contribution is -2.50. The van der Waals surface area contributed by atoms with Crippen molar-refractivity contribution in [3.8, 4) is 5.75 Å². The highest BCUT2D eigenvalue weighted by Gasteiger charge is 2.28. The van der Waals surface area contributed by atoms with Crippen molar-refractivity contribution in [3.63, 3.8) is 0 Å². The number of aliphatic hydroxyl groups is 1. The van der Waals surface area contributed by atoms with Crippen molar-refractivity contribution < 1.29 is 19.7 Å². The van der Waals surface area contributed by atoms with E-state index in [0.717, 1.165) is 0 Å². The quantitative estimate of drug-likeness (QED) is 0.838. The Kier molecular flexibility index (Phi) is 4.06. The molecule has 98 valence electrons. The van der Waals surface area contributed by atoms with Crippen LogP contribution in [0.2, 0.25) is 5.02 Å². The number of ether oxygens (including phenoxy) is 1. The van der Waals surface area contributed by atoms with Crippen LogP contribution in [-0.4, -0.2) is 53.4 Å². The molecule has 1 fully saturated rings. The fourth-order valence-corrected chi connectivity index (χ4v) is 2.08. The fraction of sp³-hybridized carbons (Fsp3) is 0.417. The number of nitrogens with zero attached hydrogens (tertiary/aromatic N) is 1. The number of carbonyl (C=O) groups excluding carboxylic acids is 1. The molecule has 1 amide bonds. The molecule has 0 aliphatic carbocycles. The number of benzene rings is 1. The molecule has 1 atom stereocenters. The molecule has 0 radical (unpaired) electrons. The molecule has 2 rings (SSSR count). The molecule has 0 bridgehead atoms. The van der Waals surface area contributed by atoms with E-state index in [4.69, 9.17) is 16.3 Å². The third-order valence-corrected chi connectivity index (χ3v) is 3.12. The van der Waals surface area contributed by atoms with E-state index in [0.29, 0.717) is 24.8 Å². The average Bonchev–Trinajstić information content (AvgIpc) is 2.38. The highest BCUT2D eigenvalue weighted by atomic mass is 35.5. The van der Waals surface area contributed by atoms with Crippen LogP contribution < -0.4 is 0 Å². The highest BCUT2D eigenvalue weighted by molar-refractivity contribution is 6.30.